The van der Waals surface area contributed by atoms with Crippen molar-refractivity contribution in [3.63, 3.8) is 0 Å². The molecular formula is C19H25N3O2S. The third kappa shape index (κ3) is 4.02. The van der Waals surface area contributed by atoms with Crippen molar-refractivity contribution in [1.29, 1.82) is 0 Å². The Morgan fingerprint density at radius 3 is 2.80 bits per heavy atom. The maximum Gasteiger partial charge on any atom is 0.273 e. The van der Waals surface area contributed by atoms with Crippen LogP contribution in [0.25, 0.3) is 10.6 Å². The van der Waals surface area contributed by atoms with E-state index in [1.165, 1.54) is 11.3 Å². The normalized spacial score (nSPS) is 20.0. The van der Waals surface area contributed by atoms with E-state index in [-0.39, 0.29) is 11.3 Å². The topological polar surface area (TPSA) is 68.5 Å². The third-order valence-electron chi connectivity index (χ3n) is 4.64. The molecule has 5 nitrogen and oxygen atoms in total. The second-order valence-corrected chi connectivity index (χ2v) is 7.76. The molecule has 0 aliphatic carbocycles. The van der Waals surface area contributed by atoms with Crippen LogP contribution in [0.15, 0.2) is 29.6 Å². The predicted octanol–water partition coefficient (Wildman–Crippen LogP) is 3.41. The molecule has 1 fully saturated rings. The quantitative estimate of drug-likeness (QED) is 0.858. The van der Waals surface area contributed by atoms with Crippen LogP contribution in [0.1, 0.15) is 37.2 Å². The van der Waals surface area contributed by atoms with E-state index < -0.39 is 0 Å². The molecule has 1 aromatic carbocycles. The fourth-order valence-electron chi connectivity index (χ4n) is 2.94. The van der Waals surface area contributed by atoms with Crippen molar-refractivity contribution in [2.75, 3.05) is 26.2 Å². The number of nitrogens with two attached hydrogens (primary N) is 1. The summed E-state index contributed by atoms with van der Waals surface area (Å²) in [5.74, 6) is 0.860. The minimum atomic E-state index is 0.00238. The summed E-state index contributed by atoms with van der Waals surface area (Å²) in [6, 6.07) is 7.86. The largest absolute Gasteiger partial charge is 0.494 e. The molecule has 2 N–H and O–H groups in total. The van der Waals surface area contributed by atoms with E-state index >= 15 is 0 Å². The lowest BCUT2D eigenvalue weighted by molar-refractivity contribution is 0.0772. The lowest BCUT2D eigenvalue weighted by Gasteiger charge is -2.22. The van der Waals surface area contributed by atoms with Crippen molar-refractivity contribution in [2.24, 2.45) is 11.1 Å². The Kier molecular flexibility index (Phi) is 5.39. The second kappa shape index (κ2) is 7.54. The standard InChI is InChI=1S/C19H25N3O2S/c1-3-10-24-15-6-4-14(5-7-15)17-21-16(11-25-17)18(23)22-9-8-19(2,12-20)13-22/h4-7,11H,3,8-10,12-13,20H2,1-2H3. The van der Waals surface area contributed by atoms with Crippen molar-refractivity contribution >= 4 is 17.2 Å². The number of amides is 1. The van der Waals surface area contributed by atoms with Crippen LogP contribution in [0.5, 0.6) is 5.75 Å². The number of likely N-dealkylation sites (tertiary alicyclic amines) is 1. The Labute approximate surface area is 152 Å². The van der Waals surface area contributed by atoms with Crippen molar-refractivity contribution in [3.05, 3.63) is 35.3 Å². The van der Waals surface area contributed by atoms with Crippen LogP contribution in [0.4, 0.5) is 0 Å². The van der Waals surface area contributed by atoms with Gasteiger partial charge < -0.3 is 15.4 Å². The minimum Gasteiger partial charge on any atom is -0.494 e. The van der Waals surface area contributed by atoms with Gasteiger partial charge in [-0.15, -0.1) is 11.3 Å². The molecule has 1 amide bonds. The molecule has 0 saturated carbocycles. The van der Waals surface area contributed by atoms with Gasteiger partial charge in [-0.2, -0.15) is 0 Å². The highest BCUT2D eigenvalue weighted by Gasteiger charge is 2.35. The number of aromatic nitrogens is 1. The summed E-state index contributed by atoms with van der Waals surface area (Å²) >= 11 is 1.50. The Morgan fingerprint density at radius 2 is 2.16 bits per heavy atom. The lowest BCUT2D eigenvalue weighted by atomic mass is 9.90. The Hall–Kier alpha value is -1.92. The van der Waals surface area contributed by atoms with Crippen LogP contribution in [0, 0.1) is 5.41 Å². The molecule has 134 valence electrons. The average Bonchev–Trinajstić information content (AvgIpc) is 3.28. The Morgan fingerprint density at radius 1 is 1.40 bits per heavy atom. The summed E-state index contributed by atoms with van der Waals surface area (Å²) in [6.45, 7) is 6.99. The third-order valence-corrected chi connectivity index (χ3v) is 5.53. The molecule has 0 spiro atoms. The molecule has 1 saturated heterocycles. The summed E-state index contributed by atoms with van der Waals surface area (Å²) in [4.78, 5) is 19.1. The number of rotatable bonds is 6. The molecule has 1 atom stereocenters. The number of carbonyl (C=O) groups excluding carboxylic acids is 1. The summed E-state index contributed by atoms with van der Waals surface area (Å²) in [5, 5.41) is 2.70. The summed E-state index contributed by atoms with van der Waals surface area (Å²) in [5.41, 5.74) is 7.38. The first-order chi connectivity index (χ1) is 12.0. The van der Waals surface area contributed by atoms with Gasteiger partial charge in [0.2, 0.25) is 0 Å². The van der Waals surface area contributed by atoms with E-state index in [4.69, 9.17) is 10.5 Å². The molecule has 1 aliphatic heterocycles. The molecular weight excluding hydrogens is 334 g/mol. The number of carbonyl (C=O) groups is 1. The summed E-state index contributed by atoms with van der Waals surface area (Å²) in [6.07, 6.45) is 1.94. The van der Waals surface area contributed by atoms with Gasteiger partial charge in [0.15, 0.2) is 0 Å². The number of nitrogens with zero attached hydrogens (tertiary/aromatic N) is 2. The zero-order valence-electron chi connectivity index (χ0n) is 14.8. The zero-order valence-corrected chi connectivity index (χ0v) is 15.6. The Balaban J connectivity index is 1.69. The van der Waals surface area contributed by atoms with Gasteiger partial charge in [0.25, 0.3) is 5.91 Å². The van der Waals surface area contributed by atoms with Gasteiger partial charge >= 0.3 is 0 Å². The number of ether oxygens (including phenoxy) is 1. The average molecular weight is 359 g/mol. The monoisotopic (exact) mass is 359 g/mol. The summed E-state index contributed by atoms with van der Waals surface area (Å²) < 4.78 is 5.60. The van der Waals surface area contributed by atoms with Crippen molar-refractivity contribution in [1.82, 2.24) is 9.88 Å². The Bertz CT molecular complexity index is 729. The van der Waals surface area contributed by atoms with Crippen LogP contribution >= 0.6 is 11.3 Å². The fraction of sp³-hybridized carbons (Fsp3) is 0.474. The summed E-state index contributed by atoms with van der Waals surface area (Å²) in [7, 11) is 0. The van der Waals surface area contributed by atoms with E-state index in [0.717, 1.165) is 35.7 Å². The molecule has 0 radical (unpaired) electrons. The smallest absolute Gasteiger partial charge is 0.273 e. The van der Waals surface area contributed by atoms with Crippen LogP contribution in [0.3, 0.4) is 0 Å². The molecule has 1 unspecified atom stereocenters. The first-order valence-corrected chi connectivity index (χ1v) is 9.61. The molecule has 2 aromatic rings. The van der Waals surface area contributed by atoms with E-state index in [0.29, 0.717) is 25.4 Å². The predicted molar refractivity (Wildman–Crippen MR) is 101 cm³/mol. The molecule has 25 heavy (non-hydrogen) atoms. The zero-order chi connectivity index (χ0) is 17.9. The van der Waals surface area contributed by atoms with Crippen LogP contribution in [-0.4, -0.2) is 42.0 Å². The van der Waals surface area contributed by atoms with Gasteiger partial charge in [0, 0.05) is 24.0 Å². The van der Waals surface area contributed by atoms with E-state index in [1.54, 1.807) is 0 Å². The first-order valence-electron chi connectivity index (χ1n) is 8.73. The number of benzene rings is 1. The van der Waals surface area contributed by atoms with E-state index in [9.17, 15) is 4.79 Å². The highest BCUT2D eigenvalue weighted by molar-refractivity contribution is 7.13. The molecule has 1 aliphatic rings. The maximum absolute atomic E-state index is 12.7. The number of hydrogen-bond donors (Lipinski definition) is 1. The first kappa shape index (κ1) is 17.9. The van der Waals surface area contributed by atoms with Gasteiger partial charge in [-0.25, -0.2) is 4.98 Å². The lowest BCUT2D eigenvalue weighted by Crippen LogP contribution is -2.34. The number of thiazole rings is 1. The van der Waals surface area contributed by atoms with Crippen LogP contribution in [0.2, 0.25) is 0 Å². The second-order valence-electron chi connectivity index (χ2n) is 6.90. The van der Waals surface area contributed by atoms with Crippen molar-refractivity contribution in [3.8, 4) is 16.3 Å². The maximum atomic E-state index is 12.7. The van der Waals surface area contributed by atoms with Crippen LogP contribution in [-0.2, 0) is 0 Å². The molecule has 3 rings (SSSR count). The SMILES string of the molecule is CCCOc1ccc(-c2nc(C(=O)N3CCC(C)(CN)C3)cs2)cc1. The molecule has 0 bridgehead atoms. The van der Waals surface area contributed by atoms with Gasteiger partial charge in [-0.1, -0.05) is 13.8 Å². The highest BCUT2D eigenvalue weighted by atomic mass is 32.1. The number of hydrogen-bond acceptors (Lipinski definition) is 5. The van der Waals surface area contributed by atoms with Crippen molar-refractivity contribution < 1.29 is 9.53 Å². The van der Waals surface area contributed by atoms with Gasteiger partial charge in [0.05, 0.1) is 6.61 Å². The molecule has 6 heteroatoms. The molecule has 2 heterocycles. The van der Waals surface area contributed by atoms with Crippen LogP contribution < -0.4 is 10.5 Å². The highest BCUT2D eigenvalue weighted by Crippen LogP contribution is 2.31. The van der Waals surface area contributed by atoms with E-state index in [2.05, 4.69) is 18.8 Å². The molecule has 1 aromatic heterocycles. The van der Waals surface area contributed by atoms with E-state index in [1.807, 2.05) is 34.5 Å². The van der Waals surface area contributed by atoms with Gasteiger partial charge in [-0.3, -0.25) is 4.79 Å². The van der Waals surface area contributed by atoms with Crippen molar-refractivity contribution in [2.45, 2.75) is 26.7 Å². The van der Waals surface area contributed by atoms with Gasteiger partial charge in [-0.05, 0) is 49.1 Å². The van der Waals surface area contributed by atoms with Gasteiger partial charge in [0.1, 0.15) is 16.5 Å². The minimum absolute atomic E-state index is 0.00238. The fourth-order valence-corrected chi connectivity index (χ4v) is 3.74.